The van der Waals surface area contributed by atoms with Crippen molar-refractivity contribution >= 4 is 22.9 Å². The third-order valence-electron chi connectivity index (χ3n) is 5.47. The number of hydrogen-bond acceptors (Lipinski definition) is 7. The molecule has 0 radical (unpaired) electrons. The number of nitrogens with two attached hydrogens (primary N) is 1. The number of ether oxygens (including phenoxy) is 1. The molecule has 1 fully saturated rings. The summed E-state index contributed by atoms with van der Waals surface area (Å²) in [5, 5.41) is 0. The Labute approximate surface area is 179 Å². The predicted octanol–water partition coefficient (Wildman–Crippen LogP) is 2.67. The number of nitrogens with zero attached hydrogens (tertiary/aromatic N) is 6. The second-order valence-electron chi connectivity index (χ2n) is 7.75. The summed E-state index contributed by atoms with van der Waals surface area (Å²) in [6.45, 7) is 5.61. The minimum absolute atomic E-state index is 0.0530. The van der Waals surface area contributed by atoms with Crippen molar-refractivity contribution in [2.24, 2.45) is 0 Å². The molecule has 1 saturated heterocycles. The fourth-order valence-electron chi connectivity index (χ4n) is 3.60. The Morgan fingerprint density at radius 2 is 1.77 bits per heavy atom. The van der Waals surface area contributed by atoms with E-state index >= 15 is 0 Å². The van der Waals surface area contributed by atoms with Gasteiger partial charge >= 0.3 is 6.01 Å². The summed E-state index contributed by atoms with van der Waals surface area (Å²) in [4.78, 5) is 17.7. The monoisotopic (exact) mass is 431 g/mol. The van der Waals surface area contributed by atoms with E-state index in [0.717, 1.165) is 39.0 Å². The van der Waals surface area contributed by atoms with Gasteiger partial charge in [-0.2, -0.15) is 9.97 Å². The van der Waals surface area contributed by atoms with E-state index in [0.29, 0.717) is 23.7 Å². The van der Waals surface area contributed by atoms with Gasteiger partial charge in [0.15, 0.2) is 17.0 Å². The molecule has 3 aromatic rings. The van der Waals surface area contributed by atoms with Crippen LogP contribution in [0.25, 0.3) is 11.2 Å². The van der Waals surface area contributed by atoms with Crippen molar-refractivity contribution in [3.63, 3.8) is 0 Å². The molecule has 0 unspecified atom stereocenters. The van der Waals surface area contributed by atoms with Gasteiger partial charge in [-0.25, -0.2) is 13.8 Å². The van der Waals surface area contributed by atoms with Crippen LogP contribution >= 0.6 is 0 Å². The molecule has 10 heteroatoms. The summed E-state index contributed by atoms with van der Waals surface area (Å²) in [6, 6.07) is 3.98. The third-order valence-corrected chi connectivity index (χ3v) is 5.47. The number of nitrogen functional groups attached to an aromatic ring is 1. The van der Waals surface area contributed by atoms with Crippen LogP contribution in [0.3, 0.4) is 0 Å². The molecule has 1 aliphatic heterocycles. The van der Waals surface area contributed by atoms with Gasteiger partial charge in [0.25, 0.3) is 0 Å². The van der Waals surface area contributed by atoms with Gasteiger partial charge in [-0.1, -0.05) is 19.4 Å². The van der Waals surface area contributed by atoms with Crippen LogP contribution in [-0.4, -0.2) is 64.3 Å². The lowest BCUT2D eigenvalue weighted by molar-refractivity contribution is 0.286. The highest BCUT2D eigenvalue weighted by Gasteiger charge is 2.25. The Morgan fingerprint density at radius 3 is 2.45 bits per heavy atom. The molecule has 0 saturated carbocycles. The SMILES string of the molecule is CCCCOc1nc(N)c2nc(N3CCN(C)CC3)n(Cc3c(F)cccc3F)c2n1. The zero-order chi connectivity index (χ0) is 22.0. The van der Waals surface area contributed by atoms with Gasteiger partial charge in [0.2, 0.25) is 5.95 Å². The molecule has 166 valence electrons. The van der Waals surface area contributed by atoms with Crippen LogP contribution in [0.2, 0.25) is 0 Å². The molecule has 0 spiro atoms. The fourth-order valence-corrected chi connectivity index (χ4v) is 3.60. The molecule has 0 bridgehead atoms. The van der Waals surface area contributed by atoms with Crippen molar-refractivity contribution in [2.75, 3.05) is 50.5 Å². The van der Waals surface area contributed by atoms with Crippen molar-refractivity contribution in [1.82, 2.24) is 24.4 Å². The Hall–Kier alpha value is -3.01. The highest BCUT2D eigenvalue weighted by Crippen LogP contribution is 2.29. The Morgan fingerprint density at radius 1 is 1.06 bits per heavy atom. The number of benzene rings is 1. The topological polar surface area (TPSA) is 85.3 Å². The second-order valence-corrected chi connectivity index (χ2v) is 7.75. The van der Waals surface area contributed by atoms with Crippen LogP contribution in [0.1, 0.15) is 25.3 Å². The molecule has 1 aliphatic rings. The van der Waals surface area contributed by atoms with Gasteiger partial charge in [0.05, 0.1) is 13.2 Å². The van der Waals surface area contributed by atoms with Crippen LogP contribution in [-0.2, 0) is 6.54 Å². The zero-order valence-corrected chi connectivity index (χ0v) is 17.8. The number of piperazine rings is 1. The highest BCUT2D eigenvalue weighted by atomic mass is 19.1. The van der Waals surface area contributed by atoms with E-state index in [1.807, 2.05) is 0 Å². The summed E-state index contributed by atoms with van der Waals surface area (Å²) >= 11 is 0. The van der Waals surface area contributed by atoms with Crippen LogP contribution in [0.5, 0.6) is 6.01 Å². The van der Waals surface area contributed by atoms with Gasteiger partial charge in [-0.15, -0.1) is 0 Å². The average molecular weight is 431 g/mol. The van der Waals surface area contributed by atoms with Crippen molar-refractivity contribution in [1.29, 1.82) is 0 Å². The fraction of sp³-hybridized carbons (Fsp3) is 0.476. The first-order chi connectivity index (χ1) is 15.0. The maximum atomic E-state index is 14.5. The maximum Gasteiger partial charge on any atom is 0.320 e. The second kappa shape index (κ2) is 9.01. The standard InChI is InChI=1S/C21H27F2N7O/c1-3-4-12-31-20-26-18(24)17-19(27-20)30(13-14-15(22)6-5-7-16(14)23)21(25-17)29-10-8-28(2)9-11-29/h5-7H,3-4,8-13H2,1-2H3,(H2,24,26,27). The summed E-state index contributed by atoms with van der Waals surface area (Å²) in [5.74, 6) is -0.489. The molecule has 0 atom stereocenters. The number of hydrogen-bond donors (Lipinski definition) is 1. The Kier molecular flexibility index (Phi) is 6.17. The molecular formula is C21H27F2N7O. The first kappa shape index (κ1) is 21.2. The highest BCUT2D eigenvalue weighted by molar-refractivity contribution is 5.85. The lowest BCUT2D eigenvalue weighted by Gasteiger charge is -2.33. The molecule has 8 nitrogen and oxygen atoms in total. The summed E-state index contributed by atoms with van der Waals surface area (Å²) in [7, 11) is 2.05. The van der Waals surface area contributed by atoms with Gasteiger partial charge in [-0.3, -0.25) is 4.57 Å². The number of fused-ring (bicyclic) bond motifs is 1. The third kappa shape index (κ3) is 4.39. The number of anilines is 2. The number of unbranched alkanes of at least 4 members (excludes halogenated alkanes) is 1. The number of imidazole rings is 1. The number of aromatic nitrogens is 4. The summed E-state index contributed by atoms with van der Waals surface area (Å²) < 4.78 is 36.3. The lowest BCUT2D eigenvalue weighted by Crippen LogP contribution is -2.45. The molecule has 2 N–H and O–H groups in total. The molecule has 31 heavy (non-hydrogen) atoms. The predicted molar refractivity (Wildman–Crippen MR) is 115 cm³/mol. The van der Waals surface area contributed by atoms with Gasteiger partial charge < -0.3 is 20.3 Å². The minimum atomic E-state index is -0.618. The number of rotatable bonds is 7. The van der Waals surface area contributed by atoms with E-state index in [9.17, 15) is 8.78 Å². The Bertz CT molecular complexity index is 1040. The number of halogens is 2. The minimum Gasteiger partial charge on any atom is -0.463 e. The molecule has 0 amide bonds. The first-order valence-electron chi connectivity index (χ1n) is 10.5. The van der Waals surface area contributed by atoms with Crippen molar-refractivity contribution in [2.45, 2.75) is 26.3 Å². The van der Waals surface area contributed by atoms with Gasteiger partial charge in [0.1, 0.15) is 11.6 Å². The van der Waals surface area contributed by atoms with E-state index in [1.54, 1.807) is 4.57 Å². The quantitative estimate of drug-likeness (QED) is 0.576. The first-order valence-corrected chi connectivity index (χ1v) is 10.5. The van der Waals surface area contributed by atoms with E-state index in [1.165, 1.54) is 18.2 Å². The van der Waals surface area contributed by atoms with Crippen LogP contribution < -0.4 is 15.4 Å². The van der Waals surface area contributed by atoms with E-state index in [2.05, 4.69) is 38.7 Å². The van der Waals surface area contributed by atoms with E-state index in [4.69, 9.17) is 10.5 Å². The Balaban J connectivity index is 1.81. The van der Waals surface area contributed by atoms with Crippen LogP contribution in [0, 0.1) is 11.6 Å². The van der Waals surface area contributed by atoms with Crippen molar-refractivity contribution in [3.05, 3.63) is 35.4 Å². The zero-order valence-electron chi connectivity index (χ0n) is 17.8. The molecule has 2 aromatic heterocycles. The summed E-state index contributed by atoms with van der Waals surface area (Å²) in [6.07, 6.45) is 1.82. The molecule has 4 rings (SSSR count). The maximum absolute atomic E-state index is 14.5. The average Bonchev–Trinajstić information content (AvgIpc) is 3.10. The van der Waals surface area contributed by atoms with E-state index in [-0.39, 0.29) is 23.9 Å². The van der Waals surface area contributed by atoms with Crippen molar-refractivity contribution < 1.29 is 13.5 Å². The van der Waals surface area contributed by atoms with Crippen LogP contribution in [0.4, 0.5) is 20.5 Å². The molecule has 0 aliphatic carbocycles. The lowest BCUT2D eigenvalue weighted by atomic mass is 10.2. The largest absolute Gasteiger partial charge is 0.463 e. The van der Waals surface area contributed by atoms with Crippen molar-refractivity contribution in [3.8, 4) is 6.01 Å². The number of likely N-dealkylation sites (N-methyl/N-ethyl adjacent to an activating group) is 1. The van der Waals surface area contributed by atoms with Crippen LogP contribution in [0.15, 0.2) is 18.2 Å². The van der Waals surface area contributed by atoms with E-state index < -0.39 is 11.6 Å². The molecular weight excluding hydrogens is 404 g/mol. The molecule has 1 aromatic carbocycles. The summed E-state index contributed by atoms with van der Waals surface area (Å²) in [5.41, 5.74) is 6.91. The van der Waals surface area contributed by atoms with Gasteiger partial charge in [-0.05, 0) is 25.6 Å². The molecule has 3 heterocycles. The normalized spacial score (nSPS) is 15.0. The smallest absolute Gasteiger partial charge is 0.320 e. The van der Waals surface area contributed by atoms with Gasteiger partial charge in [0, 0.05) is 31.7 Å².